The number of nitrogens with two attached hydrogens (primary N) is 1. The van der Waals surface area contributed by atoms with Crippen molar-refractivity contribution in [3.63, 3.8) is 0 Å². The van der Waals surface area contributed by atoms with E-state index < -0.39 is 10.0 Å². The van der Waals surface area contributed by atoms with Crippen LogP contribution in [-0.2, 0) is 10.0 Å². The van der Waals surface area contributed by atoms with Crippen molar-refractivity contribution >= 4 is 32.2 Å². The number of sulfonamides is 1. The lowest BCUT2D eigenvalue weighted by atomic mass is 10.3. The van der Waals surface area contributed by atoms with Crippen LogP contribution >= 0.6 is 11.3 Å². The second-order valence-electron chi connectivity index (χ2n) is 3.25. The van der Waals surface area contributed by atoms with Gasteiger partial charge in [-0.25, -0.2) is 8.42 Å². The average Bonchev–Trinajstić information content (AvgIpc) is 2.81. The smallest absolute Gasteiger partial charge is 0.263 e. The van der Waals surface area contributed by atoms with Gasteiger partial charge in [0.25, 0.3) is 10.0 Å². The summed E-state index contributed by atoms with van der Waals surface area (Å²) in [6, 6.07) is 4.20. The van der Waals surface area contributed by atoms with Crippen LogP contribution in [0.2, 0.25) is 0 Å². The van der Waals surface area contributed by atoms with Gasteiger partial charge in [0.1, 0.15) is 11.3 Å². The fourth-order valence-electron chi connectivity index (χ4n) is 1.25. The topological polar surface area (TPSA) is 107 Å². The van der Waals surface area contributed by atoms with E-state index in [-0.39, 0.29) is 10.0 Å². The van der Waals surface area contributed by atoms with E-state index >= 15 is 0 Å². The van der Waals surface area contributed by atoms with Crippen molar-refractivity contribution in [3.05, 3.63) is 23.7 Å². The molecule has 0 spiro atoms. The summed E-state index contributed by atoms with van der Waals surface area (Å²) in [5.41, 5.74) is 7.42. The van der Waals surface area contributed by atoms with E-state index in [0.717, 1.165) is 11.3 Å². The Balaban J connectivity index is 2.35. The van der Waals surface area contributed by atoms with Crippen LogP contribution in [0.25, 0.3) is 0 Å². The van der Waals surface area contributed by atoms with E-state index in [0.29, 0.717) is 11.4 Å². The number of anilines is 2. The van der Waals surface area contributed by atoms with Crippen LogP contribution in [0.15, 0.2) is 28.6 Å². The molecule has 9 heteroatoms. The molecule has 0 amide bonds. The first-order chi connectivity index (χ1) is 8.53. The molecule has 0 aliphatic carbocycles. The van der Waals surface area contributed by atoms with Gasteiger partial charge in [0.2, 0.25) is 5.13 Å². The normalized spacial score (nSPS) is 11.2. The van der Waals surface area contributed by atoms with Crippen molar-refractivity contribution in [1.29, 1.82) is 0 Å². The van der Waals surface area contributed by atoms with Crippen molar-refractivity contribution in [3.8, 4) is 5.75 Å². The summed E-state index contributed by atoms with van der Waals surface area (Å²) in [6.45, 7) is 0. The van der Waals surface area contributed by atoms with Crippen LogP contribution in [0.5, 0.6) is 5.75 Å². The molecule has 18 heavy (non-hydrogen) atoms. The molecule has 0 fully saturated rings. The molecular formula is C9H10N4O3S2. The van der Waals surface area contributed by atoms with Gasteiger partial charge in [-0.05, 0) is 12.1 Å². The second kappa shape index (κ2) is 4.78. The standard InChI is InChI=1S/C9H10N4O3S2/c1-16-8-4-6(2-3-7(8)10)18(14,15)13-9-12-11-5-17-9/h2-5H,10H2,1H3,(H,12,13). The molecule has 0 saturated carbocycles. The number of nitrogens with one attached hydrogen (secondary N) is 1. The summed E-state index contributed by atoms with van der Waals surface area (Å²) in [6.07, 6.45) is 0. The van der Waals surface area contributed by atoms with E-state index in [9.17, 15) is 8.42 Å². The van der Waals surface area contributed by atoms with Gasteiger partial charge in [0.15, 0.2) is 0 Å². The van der Waals surface area contributed by atoms with Crippen LogP contribution in [0.4, 0.5) is 10.8 Å². The highest BCUT2D eigenvalue weighted by atomic mass is 32.2. The van der Waals surface area contributed by atoms with Gasteiger partial charge < -0.3 is 10.5 Å². The van der Waals surface area contributed by atoms with E-state index in [4.69, 9.17) is 10.5 Å². The molecule has 96 valence electrons. The molecule has 7 nitrogen and oxygen atoms in total. The number of nitrogens with zero attached hydrogens (tertiary/aromatic N) is 2. The molecule has 1 aromatic carbocycles. The summed E-state index contributed by atoms with van der Waals surface area (Å²) in [5, 5.41) is 7.35. The Kier molecular flexibility index (Phi) is 3.34. The number of hydrogen-bond donors (Lipinski definition) is 2. The lowest BCUT2D eigenvalue weighted by Crippen LogP contribution is -2.13. The molecule has 2 rings (SSSR count). The minimum Gasteiger partial charge on any atom is -0.495 e. The molecule has 0 unspecified atom stereocenters. The van der Waals surface area contributed by atoms with Crippen LogP contribution in [0.1, 0.15) is 0 Å². The Labute approximate surface area is 108 Å². The van der Waals surface area contributed by atoms with E-state index in [2.05, 4.69) is 14.9 Å². The maximum absolute atomic E-state index is 12.0. The molecule has 0 atom stereocenters. The number of methoxy groups -OCH3 is 1. The third-order valence-corrected chi connectivity index (χ3v) is 4.17. The first-order valence-corrected chi connectivity index (χ1v) is 7.12. The Morgan fingerprint density at radius 1 is 1.44 bits per heavy atom. The number of benzene rings is 1. The molecule has 0 saturated heterocycles. The van der Waals surface area contributed by atoms with Gasteiger partial charge >= 0.3 is 0 Å². The molecule has 0 bridgehead atoms. The average molecular weight is 286 g/mol. The van der Waals surface area contributed by atoms with E-state index in [1.165, 1.54) is 30.8 Å². The molecule has 3 N–H and O–H groups in total. The number of hydrogen-bond acceptors (Lipinski definition) is 7. The Bertz CT molecular complexity index is 640. The molecule has 1 heterocycles. The third-order valence-electron chi connectivity index (χ3n) is 2.10. The Morgan fingerprint density at radius 3 is 2.83 bits per heavy atom. The molecular weight excluding hydrogens is 276 g/mol. The second-order valence-corrected chi connectivity index (χ2v) is 5.77. The zero-order valence-corrected chi connectivity index (χ0v) is 11.0. The minimum absolute atomic E-state index is 0.0451. The first-order valence-electron chi connectivity index (χ1n) is 4.75. The number of rotatable bonds is 4. The zero-order chi connectivity index (χ0) is 13.2. The number of nitrogen functional groups attached to an aromatic ring is 1. The highest BCUT2D eigenvalue weighted by molar-refractivity contribution is 7.93. The SMILES string of the molecule is COc1cc(S(=O)(=O)Nc2nncs2)ccc1N. The molecule has 1 aromatic heterocycles. The number of ether oxygens (including phenoxy) is 1. The lowest BCUT2D eigenvalue weighted by Gasteiger charge is -2.08. The quantitative estimate of drug-likeness (QED) is 0.810. The maximum Gasteiger partial charge on any atom is 0.263 e. The summed E-state index contributed by atoms with van der Waals surface area (Å²) >= 11 is 1.09. The number of aromatic nitrogens is 2. The highest BCUT2D eigenvalue weighted by Crippen LogP contribution is 2.26. The molecule has 0 aliphatic heterocycles. The van der Waals surface area contributed by atoms with E-state index in [1.54, 1.807) is 0 Å². The lowest BCUT2D eigenvalue weighted by molar-refractivity contribution is 0.415. The van der Waals surface area contributed by atoms with Crippen molar-refractivity contribution in [2.24, 2.45) is 0 Å². The Hall–Kier alpha value is -1.87. The van der Waals surface area contributed by atoms with Gasteiger partial charge in [0.05, 0.1) is 17.7 Å². The molecule has 0 radical (unpaired) electrons. The van der Waals surface area contributed by atoms with Crippen molar-refractivity contribution in [2.45, 2.75) is 4.90 Å². The first kappa shape index (κ1) is 12.6. The minimum atomic E-state index is -3.71. The zero-order valence-electron chi connectivity index (χ0n) is 9.32. The molecule has 2 aromatic rings. The van der Waals surface area contributed by atoms with E-state index in [1.807, 2.05) is 0 Å². The summed E-state index contributed by atoms with van der Waals surface area (Å²) in [4.78, 5) is 0.0451. The maximum atomic E-state index is 12.0. The van der Waals surface area contributed by atoms with Gasteiger partial charge in [-0.15, -0.1) is 10.2 Å². The third kappa shape index (κ3) is 2.51. The van der Waals surface area contributed by atoms with Crippen molar-refractivity contribution < 1.29 is 13.2 Å². The van der Waals surface area contributed by atoms with Gasteiger partial charge in [-0.2, -0.15) is 0 Å². The fraction of sp³-hybridized carbons (Fsp3) is 0.111. The predicted octanol–water partition coefficient (Wildman–Crippen LogP) is 0.930. The summed E-state index contributed by atoms with van der Waals surface area (Å²) in [5.74, 6) is 0.301. The van der Waals surface area contributed by atoms with Gasteiger partial charge in [0, 0.05) is 6.07 Å². The monoisotopic (exact) mass is 286 g/mol. The Morgan fingerprint density at radius 2 is 2.22 bits per heavy atom. The van der Waals surface area contributed by atoms with Gasteiger partial charge in [-0.1, -0.05) is 11.3 Å². The van der Waals surface area contributed by atoms with Gasteiger partial charge in [-0.3, -0.25) is 4.72 Å². The highest BCUT2D eigenvalue weighted by Gasteiger charge is 2.17. The predicted molar refractivity (Wildman–Crippen MR) is 68.1 cm³/mol. The largest absolute Gasteiger partial charge is 0.495 e. The summed E-state index contributed by atoms with van der Waals surface area (Å²) < 4.78 is 31.3. The van der Waals surface area contributed by atoms with Crippen LogP contribution in [0.3, 0.4) is 0 Å². The van der Waals surface area contributed by atoms with Crippen LogP contribution in [0, 0.1) is 0 Å². The van der Waals surface area contributed by atoms with Crippen LogP contribution < -0.4 is 15.2 Å². The van der Waals surface area contributed by atoms with Crippen molar-refractivity contribution in [1.82, 2.24) is 10.2 Å². The van der Waals surface area contributed by atoms with Crippen molar-refractivity contribution in [2.75, 3.05) is 17.6 Å². The fourth-order valence-corrected chi connectivity index (χ4v) is 2.96. The molecule has 0 aliphatic rings. The summed E-state index contributed by atoms with van der Waals surface area (Å²) in [7, 11) is -2.29. The van der Waals surface area contributed by atoms with Crippen LogP contribution in [-0.4, -0.2) is 25.7 Å².